The van der Waals surface area contributed by atoms with Gasteiger partial charge >= 0.3 is 0 Å². The number of halogens is 2. The second-order valence-electron chi connectivity index (χ2n) is 9.42. The van der Waals surface area contributed by atoms with E-state index in [-0.39, 0.29) is 5.56 Å². The van der Waals surface area contributed by atoms with E-state index in [2.05, 4.69) is 20.2 Å². The Morgan fingerprint density at radius 1 is 0.971 bits per heavy atom. The number of rotatable bonds is 7. The number of benzene rings is 1. The molecule has 0 atom stereocenters. The van der Waals surface area contributed by atoms with E-state index < -0.39 is 11.6 Å². The first-order valence-electron chi connectivity index (χ1n) is 12.5. The standard InChI is InChI=1S/C26H31F2N5O2/c27-20-7-6-19(16-21(20)28)22-8-9-23-25(31-22)33(11-10-32-12-14-35-15-13-32)26(34)24(30-23)29-17-18-4-2-1-3-5-18/h6-9,16,18H,1-5,10-15,17H2,(H,29,30). The number of nitrogens with one attached hydrogen (secondary N) is 1. The van der Waals surface area contributed by atoms with Crippen LogP contribution in [0.5, 0.6) is 0 Å². The molecule has 1 saturated heterocycles. The topological polar surface area (TPSA) is 72.3 Å². The van der Waals surface area contributed by atoms with Crippen LogP contribution in [0.3, 0.4) is 0 Å². The molecule has 5 rings (SSSR count). The molecule has 0 unspecified atom stereocenters. The van der Waals surface area contributed by atoms with E-state index in [0.29, 0.717) is 60.5 Å². The number of nitrogens with zero attached hydrogens (tertiary/aromatic N) is 4. The molecule has 3 heterocycles. The normalized spacial score (nSPS) is 17.7. The average Bonchev–Trinajstić information content (AvgIpc) is 2.89. The van der Waals surface area contributed by atoms with Gasteiger partial charge in [0.05, 0.1) is 18.9 Å². The Hall–Kier alpha value is -2.91. The molecular weight excluding hydrogens is 452 g/mol. The molecule has 1 aromatic carbocycles. The van der Waals surface area contributed by atoms with Crippen molar-refractivity contribution in [3.8, 4) is 11.3 Å². The summed E-state index contributed by atoms with van der Waals surface area (Å²) in [5.41, 5.74) is 1.72. The molecule has 0 spiro atoms. The molecule has 0 amide bonds. The van der Waals surface area contributed by atoms with Crippen LogP contribution in [0.2, 0.25) is 0 Å². The molecule has 2 fully saturated rings. The molecule has 2 aliphatic rings. The van der Waals surface area contributed by atoms with Crippen molar-refractivity contribution in [2.24, 2.45) is 5.92 Å². The summed E-state index contributed by atoms with van der Waals surface area (Å²) < 4.78 is 34.4. The maximum absolute atomic E-state index is 13.8. The van der Waals surface area contributed by atoms with Gasteiger partial charge in [0.25, 0.3) is 5.56 Å². The van der Waals surface area contributed by atoms with Gasteiger partial charge in [0, 0.05) is 38.3 Å². The summed E-state index contributed by atoms with van der Waals surface area (Å²) in [6, 6.07) is 7.20. The van der Waals surface area contributed by atoms with E-state index >= 15 is 0 Å². The summed E-state index contributed by atoms with van der Waals surface area (Å²) in [6.45, 7) is 4.86. The fourth-order valence-corrected chi connectivity index (χ4v) is 4.96. The van der Waals surface area contributed by atoms with E-state index in [4.69, 9.17) is 4.74 Å². The number of ether oxygens (including phenoxy) is 1. The molecule has 1 aliphatic carbocycles. The highest BCUT2D eigenvalue weighted by molar-refractivity contribution is 5.76. The molecule has 0 radical (unpaired) electrons. The first kappa shape index (κ1) is 23.8. The van der Waals surface area contributed by atoms with Crippen LogP contribution in [0.25, 0.3) is 22.4 Å². The highest BCUT2D eigenvalue weighted by atomic mass is 19.2. The number of anilines is 1. The first-order valence-corrected chi connectivity index (χ1v) is 12.5. The Morgan fingerprint density at radius 3 is 2.54 bits per heavy atom. The molecule has 3 aromatic rings. The number of aromatic nitrogens is 3. The van der Waals surface area contributed by atoms with Crippen LogP contribution in [-0.4, -0.2) is 58.8 Å². The van der Waals surface area contributed by atoms with E-state index in [1.54, 1.807) is 16.7 Å². The zero-order chi connectivity index (χ0) is 24.2. The van der Waals surface area contributed by atoms with Gasteiger partial charge in [-0.05, 0) is 49.1 Å². The second-order valence-corrected chi connectivity index (χ2v) is 9.42. The van der Waals surface area contributed by atoms with E-state index in [1.807, 2.05) is 0 Å². The number of hydrogen-bond acceptors (Lipinski definition) is 6. The zero-order valence-corrected chi connectivity index (χ0v) is 19.8. The van der Waals surface area contributed by atoms with Gasteiger partial charge in [0.15, 0.2) is 23.1 Å². The lowest BCUT2D eigenvalue weighted by molar-refractivity contribution is 0.0364. The van der Waals surface area contributed by atoms with Crippen molar-refractivity contribution in [2.75, 3.05) is 44.7 Å². The van der Waals surface area contributed by atoms with Crippen molar-refractivity contribution in [1.82, 2.24) is 19.4 Å². The van der Waals surface area contributed by atoms with Crippen molar-refractivity contribution in [3.05, 3.63) is 52.3 Å². The Kier molecular flexibility index (Phi) is 7.34. The Morgan fingerprint density at radius 2 is 1.77 bits per heavy atom. The lowest BCUT2D eigenvalue weighted by Gasteiger charge is -2.27. The smallest absolute Gasteiger partial charge is 0.294 e. The van der Waals surface area contributed by atoms with Crippen LogP contribution in [0.4, 0.5) is 14.6 Å². The van der Waals surface area contributed by atoms with E-state index in [1.165, 1.54) is 38.2 Å². The lowest BCUT2D eigenvalue weighted by atomic mass is 9.89. The molecule has 186 valence electrons. The predicted molar refractivity (Wildman–Crippen MR) is 131 cm³/mol. The van der Waals surface area contributed by atoms with Gasteiger partial charge in [-0.15, -0.1) is 0 Å². The average molecular weight is 484 g/mol. The monoisotopic (exact) mass is 483 g/mol. The fourth-order valence-electron chi connectivity index (χ4n) is 4.96. The van der Waals surface area contributed by atoms with Crippen molar-refractivity contribution < 1.29 is 13.5 Å². The third kappa shape index (κ3) is 5.51. The molecule has 1 saturated carbocycles. The first-order chi connectivity index (χ1) is 17.1. The van der Waals surface area contributed by atoms with Gasteiger partial charge in [-0.2, -0.15) is 0 Å². The number of hydrogen-bond donors (Lipinski definition) is 1. The summed E-state index contributed by atoms with van der Waals surface area (Å²) >= 11 is 0. The van der Waals surface area contributed by atoms with Gasteiger partial charge in [-0.25, -0.2) is 18.7 Å². The maximum atomic E-state index is 13.8. The number of fused-ring (bicyclic) bond motifs is 1. The quantitative estimate of drug-likeness (QED) is 0.547. The third-order valence-electron chi connectivity index (χ3n) is 7.03. The zero-order valence-electron chi connectivity index (χ0n) is 19.8. The minimum absolute atomic E-state index is 0.212. The Labute approximate surface area is 203 Å². The van der Waals surface area contributed by atoms with E-state index in [9.17, 15) is 13.6 Å². The second kappa shape index (κ2) is 10.8. The molecule has 1 aliphatic heterocycles. The summed E-state index contributed by atoms with van der Waals surface area (Å²) in [4.78, 5) is 25.1. The predicted octanol–water partition coefficient (Wildman–Crippen LogP) is 4.06. The number of pyridine rings is 1. The summed E-state index contributed by atoms with van der Waals surface area (Å²) in [6.07, 6.45) is 6.09. The summed E-state index contributed by atoms with van der Waals surface area (Å²) in [7, 11) is 0. The molecule has 9 heteroatoms. The maximum Gasteiger partial charge on any atom is 0.294 e. The molecular formula is C26H31F2N5O2. The highest BCUT2D eigenvalue weighted by Crippen LogP contribution is 2.25. The lowest BCUT2D eigenvalue weighted by Crippen LogP contribution is -2.39. The third-order valence-corrected chi connectivity index (χ3v) is 7.03. The minimum atomic E-state index is -0.936. The minimum Gasteiger partial charge on any atom is -0.379 e. The fraction of sp³-hybridized carbons (Fsp3) is 0.500. The highest BCUT2D eigenvalue weighted by Gasteiger charge is 2.18. The van der Waals surface area contributed by atoms with Crippen molar-refractivity contribution in [1.29, 1.82) is 0 Å². The summed E-state index contributed by atoms with van der Waals surface area (Å²) in [5, 5.41) is 3.32. The van der Waals surface area contributed by atoms with Gasteiger partial charge in [-0.3, -0.25) is 14.3 Å². The van der Waals surface area contributed by atoms with Gasteiger partial charge in [-0.1, -0.05) is 19.3 Å². The van der Waals surface area contributed by atoms with Crippen molar-refractivity contribution in [2.45, 2.75) is 38.6 Å². The van der Waals surface area contributed by atoms with Crippen LogP contribution in [-0.2, 0) is 11.3 Å². The molecule has 0 bridgehead atoms. The van der Waals surface area contributed by atoms with E-state index in [0.717, 1.165) is 31.8 Å². The van der Waals surface area contributed by atoms with Gasteiger partial charge in [0.2, 0.25) is 0 Å². The molecule has 1 N–H and O–H groups in total. The van der Waals surface area contributed by atoms with Crippen molar-refractivity contribution >= 4 is 17.0 Å². The Balaban J connectivity index is 1.49. The van der Waals surface area contributed by atoms with Crippen LogP contribution >= 0.6 is 0 Å². The molecule has 7 nitrogen and oxygen atoms in total. The Bertz CT molecular complexity index is 1240. The molecule has 2 aromatic heterocycles. The van der Waals surface area contributed by atoms with Crippen molar-refractivity contribution in [3.63, 3.8) is 0 Å². The van der Waals surface area contributed by atoms with Crippen LogP contribution in [0.15, 0.2) is 35.1 Å². The van der Waals surface area contributed by atoms with Gasteiger partial charge in [0.1, 0.15) is 5.52 Å². The largest absolute Gasteiger partial charge is 0.379 e. The molecule has 35 heavy (non-hydrogen) atoms. The number of morpholine rings is 1. The van der Waals surface area contributed by atoms with Crippen LogP contribution in [0, 0.1) is 17.6 Å². The SMILES string of the molecule is O=c1c(NCC2CCCCC2)nc2ccc(-c3ccc(F)c(F)c3)nc2n1CCN1CCOCC1. The summed E-state index contributed by atoms with van der Waals surface area (Å²) in [5.74, 6) is -0.953. The van der Waals surface area contributed by atoms with Gasteiger partial charge < -0.3 is 10.1 Å². The van der Waals surface area contributed by atoms with Crippen LogP contribution < -0.4 is 10.9 Å². The van der Waals surface area contributed by atoms with Crippen LogP contribution in [0.1, 0.15) is 32.1 Å².